The molecule has 0 saturated carbocycles. The molecule has 1 unspecified atom stereocenters. The van der Waals surface area contributed by atoms with Crippen LogP contribution in [0, 0.1) is 0 Å². The number of amides is 5. The third-order valence-corrected chi connectivity index (χ3v) is 15.9. The maximum absolute atomic E-state index is 13.2. The van der Waals surface area contributed by atoms with Gasteiger partial charge in [-0.2, -0.15) is 0 Å². The van der Waals surface area contributed by atoms with Crippen molar-refractivity contribution in [1.29, 1.82) is 0 Å². The third kappa shape index (κ3) is 10.6. The Morgan fingerprint density at radius 3 is 2.37 bits per heavy atom. The molecule has 3 aromatic carbocycles. The maximum Gasteiger partial charge on any atom is 0.262 e. The van der Waals surface area contributed by atoms with Crippen molar-refractivity contribution in [3.8, 4) is 5.75 Å². The number of ether oxygens (including phenoxy) is 1. The van der Waals surface area contributed by atoms with Crippen molar-refractivity contribution in [3.63, 3.8) is 0 Å². The van der Waals surface area contributed by atoms with E-state index < -0.39 is 36.8 Å². The summed E-state index contributed by atoms with van der Waals surface area (Å²) < 4.78 is 18.8. The summed E-state index contributed by atoms with van der Waals surface area (Å²) in [6.45, 7) is 8.62. The van der Waals surface area contributed by atoms with Crippen molar-refractivity contribution in [2.45, 2.75) is 74.8 Å². The van der Waals surface area contributed by atoms with Crippen LogP contribution in [-0.2, 0) is 31.8 Å². The number of hydrogen-bond donors (Lipinski definition) is 1. The predicted octanol–water partition coefficient (Wildman–Crippen LogP) is 6.05. The zero-order valence-electron chi connectivity index (χ0n) is 37.1. The lowest BCUT2D eigenvalue weighted by Gasteiger charge is -2.43. The number of anilines is 1. The highest BCUT2D eigenvalue weighted by Gasteiger charge is 2.44. The van der Waals surface area contributed by atoms with Crippen molar-refractivity contribution in [1.82, 2.24) is 30.0 Å². The van der Waals surface area contributed by atoms with E-state index >= 15 is 0 Å². The molecular formula is C48H55ClN7O7PS. The van der Waals surface area contributed by atoms with E-state index in [0.717, 1.165) is 108 Å². The van der Waals surface area contributed by atoms with Crippen molar-refractivity contribution < 1.29 is 33.3 Å². The fraction of sp³-hybridized carbons (Fsp3) is 0.438. The van der Waals surface area contributed by atoms with E-state index in [4.69, 9.17) is 21.3 Å². The van der Waals surface area contributed by atoms with Gasteiger partial charge in [-0.3, -0.25) is 39.1 Å². The van der Waals surface area contributed by atoms with Crippen LogP contribution in [0.15, 0.2) is 71.8 Å². The normalized spacial score (nSPS) is 18.6. The fourth-order valence-corrected chi connectivity index (χ4v) is 11.8. The molecule has 4 aromatic rings. The van der Waals surface area contributed by atoms with Gasteiger partial charge in [0.1, 0.15) is 24.8 Å². The quantitative estimate of drug-likeness (QED) is 0.0638. The number of thioether (sulfide) groups is 1. The van der Waals surface area contributed by atoms with E-state index in [1.165, 1.54) is 0 Å². The van der Waals surface area contributed by atoms with Crippen LogP contribution in [0.2, 0.25) is 5.02 Å². The van der Waals surface area contributed by atoms with Crippen LogP contribution in [0.5, 0.6) is 5.75 Å². The van der Waals surface area contributed by atoms with Crippen molar-refractivity contribution >= 4 is 71.0 Å². The van der Waals surface area contributed by atoms with Crippen LogP contribution in [0.25, 0.3) is 0 Å². The van der Waals surface area contributed by atoms with Gasteiger partial charge in [0.05, 0.1) is 29.0 Å². The Morgan fingerprint density at radius 2 is 1.63 bits per heavy atom. The lowest BCUT2D eigenvalue weighted by atomic mass is 10.0. The largest absolute Gasteiger partial charge is 0.496 e. The summed E-state index contributed by atoms with van der Waals surface area (Å²) in [5.74, 6) is 0.314. The summed E-state index contributed by atoms with van der Waals surface area (Å²) in [6.07, 6.45) is 6.95. The first-order valence-corrected chi connectivity index (χ1v) is 26.3. The van der Waals surface area contributed by atoms with Crippen LogP contribution < -0.4 is 20.3 Å². The number of piperidine rings is 2. The SMILES string of the molecule is COc1cc(N2CCC(N3CCN(C(=O)CCCCSc4ccc5c(c4)C(=O)N(C4CCC(=O)NC4=O)C5=O)CC3)CC2)ccc1Cc1ncc(Cl)c(Cc2ccccc2P(C)(C)=O)n1. The minimum atomic E-state index is -2.48. The number of piperazine rings is 1. The predicted molar refractivity (Wildman–Crippen MR) is 252 cm³/mol. The molecule has 1 aromatic heterocycles. The van der Waals surface area contributed by atoms with Crippen LogP contribution >= 0.6 is 30.5 Å². The second-order valence-corrected chi connectivity index (χ2v) is 22.3. The van der Waals surface area contributed by atoms with E-state index in [2.05, 4.69) is 38.3 Å². The molecule has 4 aliphatic rings. The topological polar surface area (TPSA) is 162 Å². The summed E-state index contributed by atoms with van der Waals surface area (Å²) in [5.41, 5.74) is 4.29. The van der Waals surface area contributed by atoms with Gasteiger partial charge in [0, 0.05) is 105 Å². The molecule has 3 saturated heterocycles. The van der Waals surface area contributed by atoms with Gasteiger partial charge in [0.15, 0.2) is 0 Å². The number of halogens is 1. The molecule has 0 bridgehead atoms. The molecule has 1 atom stereocenters. The van der Waals surface area contributed by atoms with Gasteiger partial charge in [0.25, 0.3) is 11.8 Å². The van der Waals surface area contributed by atoms with Crippen molar-refractivity contribution in [3.05, 3.63) is 106 Å². The van der Waals surface area contributed by atoms with Gasteiger partial charge in [-0.15, -0.1) is 11.8 Å². The summed E-state index contributed by atoms with van der Waals surface area (Å²) in [5, 5.41) is 3.54. The standard InChI is InChI=1S/C48H55ClN7O7PS/c1-63-41-28-34(12-11-31(41)27-43-50-30-38(49)39(51-43)26-32-8-4-5-9-42(32)64(2,3)62)53-19-17-33(18-20-53)54-21-23-55(24-22-54)45(58)10-6-7-25-65-35-13-14-36-37(29-35)48(61)56(47(36)60)40-15-16-44(57)52-46(40)59/h4-5,8-9,11-14,28-30,33,40H,6-7,10,15-27H2,1-3H3,(H,52,57,59). The van der Waals surface area contributed by atoms with E-state index in [-0.39, 0.29) is 29.9 Å². The number of nitrogens with one attached hydrogen (secondary N) is 1. The van der Waals surface area contributed by atoms with Gasteiger partial charge >= 0.3 is 0 Å². The number of imide groups is 2. The zero-order chi connectivity index (χ0) is 45.8. The van der Waals surface area contributed by atoms with Gasteiger partial charge < -0.3 is 19.1 Å². The number of aromatic nitrogens is 2. The number of hydrogen-bond acceptors (Lipinski definition) is 12. The first kappa shape index (κ1) is 46.4. The van der Waals surface area contributed by atoms with Gasteiger partial charge in [0.2, 0.25) is 17.7 Å². The van der Waals surface area contributed by atoms with Gasteiger partial charge in [-0.05, 0) is 81.0 Å². The first-order valence-electron chi connectivity index (χ1n) is 22.3. The van der Waals surface area contributed by atoms with Crippen LogP contribution in [0.3, 0.4) is 0 Å². The van der Waals surface area contributed by atoms with E-state index in [0.29, 0.717) is 41.8 Å². The Kier molecular flexibility index (Phi) is 14.4. The summed E-state index contributed by atoms with van der Waals surface area (Å²) in [4.78, 5) is 81.5. The van der Waals surface area contributed by atoms with Crippen LogP contribution in [0.4, 0.5) is 5.69 Å². The minimum Gasteiger partial charge on any atom is -0.496 e. The average molecular weight is 941 g/mol. The second kappa shape index (κ2) is 20.2. The van der Waals surface area contributed by atoms with E-state index in [9.17, 15) is 28.5 Å². The minimum absolute atomic E-state index is 0.0792. The molecule has 14 nitrogen and oxygen atoms in total. The smallest absolute Gasteiger partial charge is 0.262 e. The summed E-state index contributed by atoms with van der Waals surface area (Å²) >= 11 is 8.14. The lowest BCUT2D eigenvalue weighted by Crippen LogP contribution is -2.54. The van der Waals surface area contributed by atoms with Gasteiger partial charge in [-0.25, -0.2) is 9.97 Å². The Bertz CT molecular complexity index is 2540. The molecule has 0 aliphatic carbocycles. The molecule has 5 heterocycles. The number of benzene rings is 3. The molecule has 17 heteroatoms. The monoisotopic (exact) mass is 939 g/mol. The van der Waals surface area contributed by atoms with E-state index in [1.54, 1.807) is 50.5 Å². The Balaban J connectivity index is 0.755. The molecule has 8 rings (SSSR count). The van der Waals surface area contributed by atoms with Crippen LogP contribution in [0.1, 0.15) is 88.3 Å². The number of unbranched alkanes of at least 4 members (excludes halogenated alkanes) is 1. The summed E-state index contributed by atoms with van der Waals surface area (Å²) in [7, 11) is -0.796. The second-order valence-electron chi connectivity index (χ2n) is 17.5. The number of methoxy groups -OCH3 is 1. The maximum atomic E-state index is 13.2. The van der Waals surface area contributed by atoms with Crippen LogP contribution in [-0.4, -0.2) is 132 Å². The molecular weight excluding hydrogens is 885 g/mol. The van der Waals surface area contributed by atoms with E-state index in [1.807, 2.05) is 35.2 Å². The highest BCUT2D eigenvalue weighted by molar-refractivity contribution is 7.99. The number of carbonyl (C=O) groups is 5. The highest BCUT2D eigenvalue weighted by Crippen LogP contribution is 2.37. The molecule has 65 heavy (non-hydrogen) atoms. The Hall–Kier alpha value is -5.08. The number of carbonyl (C=O) groups excluding carboxylic acids is 5. The molecule has 0 radical (unpaired) electrons. The highest BCUT2D eigenvalue weighted by atomic mass is 35.5. The lowest BCUT2D eigenvalue weighted by molar-refractivity contribution is -0.136. The molecule has 5 amide bonds. The average Bonchev–Trinajstić information content (AvgIpc) is 3.54. The molecule has 3 fully saturated rings. The molecule has 1 N–H and O–H groups in total. The number of fused-ring (bicyclic) bond motifs is 1. The first-order chi connectivity index (χ1) is 31.3. The Labute approximate surface area is 389 Å². The molecule has 4 aliphatic heterocycles. The van der Waals surface area contributed by atoms with Crippen molar-refractivity contribution in [2.24, 2.45) is 0 Å². The third-order valence-electron chi connectivity index (χ3n) is 12.9. The summed E-state index contributed by atoms with van der Waals surface area (Å²) in [6, 6.07) is 18.7. The fourth-order valence-electron chi connectivity index (χ4n) is 9.36. The molecule has 0 spiro atoms. The van der Waals surface area contributed by atoms with Crippen molar-refractivity contribution in [2.75, 3.05) is 70.4 Å². The Morgan fingerprint density at radius 1 is 0.877 bits per heavy atom. The zero-order valence-corrected chi connectivity index (χ0v) is 39.6. The number of nitrogens with zero attached hydrogens (tertiary/aromatic N) is 6. The molecule has 342 valence electrons. The van der Waals surface area contributed by atoms with Gasteiger partial charge in [-0.1, -0.05) is 41.9 Å². The number of rotatable bonds is 15.